The Kier molecular flexibility index (Phi) is 4.61. The first-order valence-electron chi connectivity index (χ1n) is 10.3. The first-order chi connectivity index (χ1) is 15.0. The minimum absolute atomic E-state index is 0.242. The van der Waals surface area contributed by atoms with Gasteiger partial charge in [-0.05, 0) is 73.9 Å². The van der Waals surface area contributed by atoms with E-state index in [1.807, 2.05) is 25.1 Å². The van der Waals surface area contributed by atoms with E-state index in [9.17, 15) is 13.2 Å². The van der Waals surface area contributed by atoms with E-state index in [0.29, 0.717) is 16.3 Å². The lowest BCUT2D eigenvalue weighted by molar-refractivity contribution is -0.137. The monoisotopic (exact) mass is 455 g/mol. The van der Waals surface area contributed by atoms with Crippen LogP contribution in [0.5, 0.6) is 5.75 Å². The lowest BCUT2D eigenvalue weighted by atomic mass is 9.80. The van der Waals surface area contributed by atoms with Gasteiger partial charge in [-0.3, -0.25) is 0 Å². The molecule has 164 valence electrons. The smallest absolute Gasteiger partial charge is 0.416 e. The van der Waals surface area contributed by atoms with Crippen LogP contribution in [0.2, 0.25) is 5.02 Å². The van der Waals surface area contributed by atoms with Gasteiger partial charge in [0.2, 0.25) is 0 Å². The SMILES string of the molecule is CC1=CC(C)(C)Nc2ccc3c(c21)[C@@H](c1cccc(C(F)(F)F)c1)Oc1ccc(Cl)cc1-3. The van der Waals surface area contributed by atoms with Crippen molar-refractivity contribution in [2.24, 2.45) is 0 Å². The maximum atomic E-state index is 13.5. The maximum Gasteiger partial charge on any atom is 0.416 e. The van der Waals surface area contributed by atoms with E-state index in [-0.39, 0.29) is 5.54 Å². The van der Waals surface area contributed by atoms with Crippen LogP contribution in [0.1, 0.15) is 49.1 Å². The topological polar surface area (TPSA) is 21.3 Å². The molecule has 3 aromatic rings. The number of hydrogen-bond acceptors (Lipinski definition) is 2. The van der Waals surface area contributed by atoms with Gasteiger partial charge in [0.05, 0.1) is 11.1 Å². The Labute approximate surface area is 189 Å². The summed E-state index contributed by atoms with van der Waals surface area (Å²) in [6, 6.07) is 14.7. The summed E-state index contributed by atoms with van der Waals surface area (Å²) in [7, 11) is 0. The molecular weight excluding hydrogens is 435 g/mol. The van der Waals surface area contributed by atoms with Gasteiger partial charge >= 0.3 is 6.18 Å². The van der Waals surface area contributed by atoms with Crippen molar-refractivity contribution in [2.75, 3.05) is 5.32 Å². The summed E-state index contributed by atoms with van der Waals surface area (Å²) in [4.78, 5) is 0. The molecule has 0 bridgehead atoms. The molecule has 2 aliphatic rings. The zero-order chi connectivity index (χ0) is 22.8. The van der Waals surface area contributed by atoms with Gasteiger partial charge in [-0.25, -0.2) is 0 Å². The molecule has 0 aliphatic carbocycles. The summed E-state index contributed by atoms with van der Waals surface area (Å²) in [6.07, 6.45) is -3.00. The third kappa shape index (κ3) is 3.45. The second-order valence-electron chi connectivity index (χ2n) is 8.88. The highest BCUT2D eigenvalue weighted by atomic mass is 35.5. The van der Waals surface area contributed by atoms with Crippen molar-refractivity contribution in [1.29, 1.82) is 0 Å². The summed E-state index contributed by atoms with van der Waals surface area (Å²) >= 11 is 6.27. The maximum absolute atomic E-state index is 13.5. The highest BCUT2D eigenvalue weighted by Gasteiger charge is 2.36. The van der Waals surface area contributed by atoms with E-state index < -0.39 is 17.8 Å². The van der Waals surface area contributed by atoms with Gasteiger partial charge in [-0.2, -0.15) is 13.2 Å². The molecule has 1 N–H and O–H groups in total. The normalized spacial score (nSPS) is 18.5. The van der Waals surface area contributed by atoms with Crippen molar-refractivity contribution in [3.05, 3.63) is 87.9 Å². The molecule has 0 fully saturated rings. The second kappa shape index (κ2) is 7.04. The largest absolute Gasteiger partial charge is 0.480 e. The average Bonchev–Trinajstić information content (AvgIpc) is 2.71. The number of rotatable bonds is 1. The van der Waals surface area contributed by atoms with Crippen LogP contribution >= 0.6 is 11.6 Å². The Hall–Kier alpha value is -2.92. The van der Waals surface area contributed by atoms with Gasteiger partial charge < -0.3 is 10.1 Å². The molecule has 0 saturated carbocycles. The standard InChI is InChI=1S/C26H21ClF3NO/c1-14-13-25(2,3)31-20-9-8-18-19-12-17(27)7-10-21(19)32-24(23(18)22(14)20)15-5-4-6-16(11-15)26(28,29)30/h4-13,24,31H,1-3H3/t24-/m1/s1. The number of alkyl halides is 3. The van der Waals surface area contributed by atoms with Crippen molar-refractivity contribution in [3.8, 4) is 16.9 Å². The van der Waals surface area contributed by atoms with Crippen LogP contribution in [0, 0.1) is 0 Å². The van der Waals surface area contributed by atoms with Gasteiger partial charge in [-0.15, -0.1) is 0 Å². The molecule has 2 nitrogen and oxygen atoms in total. The fraction of sp³-hybridized carbons (Fsp3) is 0.231. The summed E-state index contributed by atoms with van der Waals surface area (Å²) in [6.45, 7) is 6.18. The molecule has 2 heterocycles. The van der Waals surface area contributed by atoms with Crippen molar-refractivity contribution < 1.29 is 17.9 Å². The van der Waals surface area contributed by atoms with E-state index in [2.05, 4.69) is 25.2 Å². The molecule has 0 radical (unpaired) electrons. The van der Waals surface area contributed by atoms with Crippen LogP contribution < -0.4 is 10.1 Å². The van der Waals surface area contributed by atoms with Gasteiger partial charge in [0.25, 0.3) is 0 Å². The minimum Gasteiger partial charge on any atom is -0.480 e. The first kappa shape index (κ1) is 21.0. The average molecular weight is 456 g/mol. The highest BCUT2D eigenvalue weighted by Crippen LogP contribution is 2.51. The second-order valence-corrected chi connectivity index (χ2v) is 9.32. The summed E-state index contributed by atoms with van der Waals surface area (Å²) in [5.74, 6) is 0.593. The number of allylic oxidation sites excluding steroid dienone is 1. The molecule has 0 amide bonds. The molecule has 6 heteroatoms. The van der Waals surface area contributed by atoms with E-state index in [0.717, 1.165) is 39.6 Å². The van der Waals surface area contributed by atoms with Crippen molar-refractivity contribution in [2.45, 2.75) is 38.6 Å². The van der Waals surface area contributed by atoms with Crippen molar-refractivity contribution in [1.82, 2.24) is 0 Å². The number of nitrogens with one attached hydrogen (secondary N) is 1. The fourth-order valence-electron chi connectivity index (χ4n) is 4.77. The zero-order valence-electron chi connectivity index (χ0n) is 17.8. The molecule has 0 aromatic heterocycles. The molecule has 0 spiro atoms. The lowest BCUT2D eigenvalue weighted by Gasteiger charge is -2.37. The van der Waals surface area contributed by atoms with Crippen LogP contribution in [-0.4, -0.2) is 5.54 Å². The van der Waals surface area contributed by atoms with E-state index in [4.69, 9.17) is 16.3 Å². The fourth-order valence-corrected chi connectivity index (χ4v) is 4.94. The zero-order valence-corrected chi connectivity index (χ0v) is 18.5. The quantitative estimate of drug-likeness (QED) is 0.400. The van der Waals surface area contributed by atoms with Gasteiger partial charge in [0, 0.05) is 27.4 Å². The molecule has 1 atom stereocenters. The number of fused-ring (bicyclic) bond motifs is 5. The Bertz CT molecular complexity index is 1280. The molecular formula is C26H21ClF3NO. The van der Waals surface area contributed by atoms with Crippen molar-refractivity contribution in [3.63, 3.8) is 0 Å². The summed E-state index contributed by atoms with van der Waals surface area (Å²) < 4.78 is 46.7. The van der Waals surface area contributed by atoms with E-state index in [1.54, 1.807) is 18.2 Å². The van der Waals surface area contributed by atoms with E-state index >= 15 is 0 Å². The Balaban J connectivity index is 1.79. The predicted molar refractivity (Wildman–Crippen MR) is 122 cm³/mol. The molecule has 32 heavy (non-hydrogen) atoms. The number of ether oxygens (including phenoxy) is 1. The van der Waals surface area contributed by atoms with Crippen LogP contribution in [-0.2, 0) is 6.18 Å². The van der Waals surface area contributed by atoms with Crippen LogP contribution in [0.25, 0.3) is 16.7 Å². The van der Waals surface area contributed by atoms with Crippen LogP contribution in [0.3, 0.4) is 0 Å². The molecule has 0 unspecified atom stereocenters. The van der Waals surface area contributed by atoms with Gasteiger partial charge in [0.15, 0.2) is 6.10 Å². The molecule has 2 aliphatic heterocycles. The third-order valence-corrected chi connectivity index (χ3v) is 6.16. The van der Waals surface area contributed by atoms with E-state index in [1.165, 1.54) is 12.1 Å². The number of halogens is 4. The molecule has 3 aromatic carbocycles. The third-order valence-electron chi connectivity index (χ3n) is 5.93. The number of benzene rings is 3. The lowest BCUT2D eigenvalue weighted by Crippen LogP contribution is -2.32. The van der Waals surface area contributed by atoms with Crippen LogP contribution in [0.4, 0.5) is 18.9 Å². The Morgan fingerprint density at radius 2 is 1.78 bits per heavy atom. The molecule has 0 saturated heterocycles. The Morgan fingerprint density at radius 1 is 1.00 bits per heavy atom. The summed E-state index contributed by atoms with van der Waals surface area (Å²) in [5.41, 5.74) is 5.02. The van der Waals surface area contributed by atoms with Crippen molar-refractivity contribution >= 4 is 22.9 Å². The molecule has 5 rings (SSSR count). The minimum atomic E-state index is -4.43. The van der Waals surface area contributed by atoms with Gasteiger partial charge in [-0.1, -0.05) is 35.9 Å². The highest BCUT2D eigenvalue weighted by molar-refractivity contribution is 6.31. The predicted octanol–water partition coefficient (Wildman–Crippen LogP) is 8.12. The van der Waals surface area contributed by atoms with Crippen LogP contribution in [0.15, 0.2) is 60.7 Å². The summed E-state index contributed by atoms with van der Waals surface area (Å²) in [5, 5.41) is 4.09. The van der Waals surface area contributed by atoms with Gasteiger partial charge in [0.1, 0.15) is 5.75 Å². The first-order valence-corrected chi connectivity index (χ1v) is 10.7. The Morgan fingerprint density at radius 3 is 2.53 bits per heavy atom. The number of hydrogen-bond donors (Lipinski definition) is 1. The number of anilines is 1.